The van der Waals surface area contributed by atoms with Crippen molar-refractivity contribution in [3.63, 3.8) is 0 Å². The summed E-state index contributed by atoms with van der Waals surface area (Å²) >= 11 is 4.53. The van der Waals surface area contributed by atoms with Crippen LogP contribution in [0, 0.1) is 6.92 Å². The Morgan fingerprint density at radius 3 is 2.86 bits per heavy atom. The normalized spacial score (nSPS) is 10.8. The first-order chi connectivity index (χ1) is 10.0. The van der Waals surface area contributed by atoms with E-state index in [9.17, 15) is 9.59 Å². The van der Waals surface area contributed by atoms with Gasteiger partial charge in [-0.25, -0.2) is 0 Å². The number of amides is 1. The van der Waals surface area contributed by atoms with Gasteiger partial charge in [-0.2, -0.15) is 0 Å². The van der Waals surface area contributed by atoms with Crippen LogP contribution in [0.2, 0.25) is 0 Å². The Morgan fingerprint density at radius 1 is 1.33 bits per heavy atom. The minimum Gasteiger partial charge on any atom is -0.451 e. The maximum Gasteiger partial charge on any atom is 0.293 e. The van der Waals surface area contributed by atoms with Crippen LogP contribution < -0.4 is 10.7 Å². The SMILES string of the molecule is Cc1nnc(NC(=O)c2cc(=O)c3cc(Br)ccc3o2)s1. The molecule has 21 heavy (non-hydrogen) atoms. The van der Waals surface area contributed by atoms with Crippen molar-refractivity contribution in [1.82, 2.24) is 10.2 Å². The number of aryl methyl sites for hydroxylation is 1. The summed E-state index contributed by atoms with van der Waals surface area (Å²) in [6.07, 6.45) is 0. The van der Waals surface area contributed by atoms with E-state index in [1.54, 1.807) is 25.1 Å². The van der Waals surface area contributed by atoms with Crippen molar-refractivity contribution in [3.05, 3.63) is 49.7 Å². The van der Waals surface area contributed by atoms with Crippen molar-refractivity contribution in [1.29, 1.82) is 0 Å². The highest BCUT2D eigenvalue weighted by atomic mass is 79.9. The molecule has 6 nitrogen and oxygen atoms in total. The molecule has 0 saturated carbocycles. The first-order valence-electron chi connectivity index (χ1n) is 5.88. The maximum atomic E-state index is 12.1. The van der Waals surface area contributed by atoms with Gasteiger partial charge in [0, 0.05) is 10.5 Å². The van der Waals surface area contributed by atoms with Gasteiger partial charge in [0.05, 0.1) is 5.39 Å². The van der Waals surface area contributed by atoms with Crippen LogP contribution in [0.1, 0.15) is 15.6 Å². The number of nitrogens with zero attached hydrogens (tertiary/aromatic N) is 2. The molecule has 0 unspecified atom stereocenters. The molecule has 0 fully saturated rings. The highest BCUT2D eigenvalue weighted by molar-refractivity contribution is 9.10. The molecule has 0 aliphatic carbocycles. The number of carbonyl (C=O) groups excluding carboxylic acids is 1. The summed E-state index contributed by atoms with van der Waals surface area (Å²) in [5.41, 5.74) is 0.0699. The summed E-state index contributed by atoms with van der Waals surface area (Å²) in [6.45, 7) is 1.78. The number of hydrogen-bond donors (Lipinski definition) is 1. The lowest BCUT2D eigenvalue weighted by molar-refractivity contribution is 0.0997. The topological polar surface area (TPSA) is 85.1 Å². The Hall–Kier alpha value is -2.06. The standard InChI is InChI=1S/C13H8BrN3O3S/c1-6-16-17-13(21-6)15-12(19)11-5-9(18)8-4-7(14)2-3-10(8)20-11/h2-5H,1H3,(H,15,17,19). The van der Waals surface area contributed by atoms with E-state index in [0.717, 1.165) is 15.5 Å². The first kappa shape index (κ1) is 13.9. The monoisotopic (exact) mass is 365 g/mol. The zero-order chi connectivity index (χ0) is 15.0. The number of benzene rings is 1. The Bertz CT molecular complexity index is 903. The number of carbonyl (C=O) groups is 1. The number of hydrogen-bond acceptors (Lipinski definition) is 6. The van der Waals surface area contributed by atoms with Crippen molar-refractivity contribution in [2.24, 2.45) is 0 Å². The Labute approximate surface area is 130 Å². The van der Waals surface area contributed by atoms with E-state index >= 15 is 0 Å². The summed E-state index contributed by atoms with van der Waals surface area (Å²) in [5.74, 6) is -0.601. The van der Waals surface area contributed by atoms with Crippen LogP contribution in [-0.2, 0) is 0 Å². The lowest BCUT2D eigenvalue weighted by Crippen LogP contribution is -2.14. The van der Waals surface area contributed by atoms with Crippen LogP contribution in [0.5, 0.6) is 0 Å². The molecule has 0 bridgehead atoms. The van der Waals surface area contributed by atoms with E-state index in [0.29, 0.717) is 16.1 Å². The Balaban J connectivity index is 1.98. The van der Waals surface area contributed by atoms with Crippen molar-refractivity contribution in [3.8, 4) is 0 Å². The molecule has 106 valence electrons. The van der Waals surface area contributed by atoms with Crippen molar-refractivity contribution >= 4 is 49.3 Å². The number of anilines is 1. The van der Waals surface area contributed by atoms with Crippen LogP contribution in [0.25, 0.3) is 11.0 Å². The molecule has 0 radical (unpaired) electrons. The lowest BCUT2D eigenvalue weighted by Gasteiger charge is -2.02. The number of halogens is 1. The van der Waals surface area contributed by atoms with Gasteiger partial charge in [-0.05, 0) is 25.1 Å². The second kappa shape index (κ2) is 5.38. The fourth-order valence-corrected chi connectivity index (χ4v) is 2.69. The molecule has 0 spiro atoms. The van der Waals surface area contributed by atoms with Crippen LogP contribution in [0.4, 0.5) is 5.13 Å². The molecule has 1 N–H and O–H groups in total. The molecule has 0 atom stereocenters. The van der Waals surface area contributed by atoms with Gasteiger partial charge in [0.25, 0.3) is 5.91 Å². The number of rotatable bonds is 2. The number of fused-ring (bicyclic) bond motifs is 1. The van der Waals surface area contributed by atoms with E-state index in [-0.39, 0.29) is 11.2 Å². The highest BCUT2D eigenvalue weighted by Gasteiger charge is 2.14. The fraction of sp³-hybridized carbons (Fsp3) is 0.0769. The lowest BCUT2D eigenvalue weighted by atomic mass is 10.2. The molecular weight excluding hydrogens is 358 g/mol. The Kier molecular flexibility index (Phi) is 3.56. The molecule has 3 rings (SSSR count). The third kappa shape index (κ3) is 2.86. The van der Waals surface area contributed by atoms with Crippen LogP contribution in [0.15, 0.2) is 37.9 Å². The molecule has 3 aromatic rings. The molecule has 1 amide bonds. The van der Waals surface area contributed by atoms with E-state index in [1.165, 1.54) is 11.3 Å². The molecule has 2 heterocycles. The number of nitrogens with one attached hydrogen (secondary N) is 1. The largest absolute Gasteiger partial charge is 0.451 e. The predicted molar refractivity (Wildman–Crippen MR) is 82.8 cm³/mol. The summed E-state index contributed by atoms with van der Waals surface area (Å²) in [5, 5.41) is 11.6. The van der Waals surface area contributed by atoms with E-state index in [4.69, 9.17) is 4.42 Å². The second-order valence-corrected chi connectivity index (χ2v) is 6.29. The van der Waals surface area contributed by atoms with Gasteiger partial charge in [-0.1, -0.05) is 27.3 Å². The molecule has 0 aliphatic heterocycles. The third-order valence-corrected chi connectivity index (χ3v) is 3.91. The van der Waals surface area contributed by atoms with Crippen LogP contribution in [-0.4, -0.2) is 16.1 Å². The van der Waals surface area contributed by atoms with Gasteiger partial charge in [0.15, 0.2) is 11.2 Å². The Morgan fingerprint density at radius 2 is 2.14 bits per heavy atom. The molecule has 2 aromatic heterocycles. The molecule has 1 aromatic carbocycles. The second-order valence-electron chi connectivity index (χ2n) is 4.20. The summed E-state index contributed by atoms with van der Waals surface area (Å²) in [4.78, 5) is 24.1. The highest BCUT2D eigenvalue weighted by Crippen LogP contribution is 2.19. The quantitative estimate of drug-likeness (QED) is 0.754. The molecule has 0 aliphatic rings. The minimum absolute atomic E-state index is 0.0670. The van der Waals surface area contributed by atoms with E-state index in [1.807, 2.05) is 0 Å². The molecule has 0 saturated heterocycles. The van der Waals surface area contributed by atoms with Gasteiger partial charge >= 0.3 is 0 Å². The van der Waals surface area contributed by atoms with E-state index in [2.05, 4.69) is 31.4 Å². The first-order valence-corrected chi connectivity index (χ1v) is 7.49. The zero-order valence-corrected chi connectivity index (χ0v) is 13.1. The maximum absolute atomic E-state index is 12.1. The van der Waals surface area contributed by atoms with Gasteiger partial charge in [0.2, 0.25) is 5.13 Å². The van der Waals surface area contributed by atoms with Crippen LogP contribution >= 0.6 is 27.3 Å². The molecular formula is C13H8BrN3O3S. The van der Waals surface area contributed by atoms with E-state index < -0.39 is 5.91 Å². The van der Waals surface area contributed by atoms with Crippen LogP contribution in [0.3, 0.4) is 0 Å². The third-order valence-electron chi connectivity index (χ3n) is 2.66. The average molecular weight is 366 g/mol. The smallest absolute Gasteiger partial charge is 0.293 e. The van der Waals surface area contributed by atoms with Gasteiger partial charge in [-0.3, -0.25) is 14.9 Å². The number of aromatic nitrogens is 2. The van der Waals surface area contributed by atoms with Crippen molar-refractivity contribution < 1.29 is 9.21 Å². The molecule has 8 heteroatoms. The van der Waals surface area contributed by atoms with Gasteiger partial charge in [0.1, 0.15) is 10.6 Å². The van der Waals surface area contributed by atoms with Gasteiger partial charge < -0.3 is 4.42 Å². The zero-order valence-electron chi connectivity index (χ0n) is 10.7. The average Bonchev–Trinajstić information content (AvgIpc) is 2.84. The van der Waals surface area contributed by atoms with Crippen molar-refractivity contribution in [2.45, 2.75) is 6.92 Å². The van der Waals surface area contributed by atoms with Crippen molar-refractivity contribution in [2.75, 3.05) is 5.32 Å². The minimum atomic E-state index is -0.534. The summed E-state index contributed by atoms with van der Waals surface area (Å²) in [7, 11) is 0. The fourth-order valence-electron chi connectivity index (χ4n) is 1.75. The summed E-state index contributed by atoms with van der Waals surface area (Å²) < 4.78 is 6.23. The predicted octanol–water partition coefficient (Wildman–Crippen LogP) is 2.97. The summed E-state index contributed by atoms with van der Waals surface area (Å²) in [6, 6.07) is 6.18. The van der Waals surface area contributed by atoms with Gasteiger partial charge in [-0.15, -0.1) is 10.2 Å².